The van der Waals surface area contributed by atoms with Crippen molar-refractivity contribution >= 4 is 28.5 Å². The standard InChI is InChI=1S/C22H18N2O4S/c1-26-18-9-6-16(7-10-18)22-23-20(28-24-22)13-27-21(25)14-29-19-11-8-15-4-2-3-5-17(15)12-19/h2-12H,13-14H2,1H3. The van der Waals surface area contributed by atoms with E-state index >= 15 is 0 Å². The number of carbonyl (C=O) groups is 1. The van der Waals surface area contributed by atoms with Gasteiger partial charge in [-0.15, -0.1) is 11.8 Å². The number of rotatable bonds is 7. The third-order valence-electron chi connectivity index (χ3n) is 4.25. The number of carbonyl (C=O) groups excluding carboxylic acids is 1. The molecule has 0 bridgehead atoms. The van der Waals surface area contributed by atoms with Gasteiger partial charge in [0, 0.05) is 10.5 Å². The Bertz CT molecular complexity index is 1130. The fraction of sp³-hybridized carbons (Fsp3) is 0.136. The first-order valence-electron chi connectivity index (χ1n) is 8.95. The second-order valence-corrected chi connectivity index (χ2v) is 7.25. The number of benzene rings is 3. The summed E-state index contributed by atoms with van der Waals surface area (Å²) >= 11 is 1.43. The maximum atomic E-state index is 12.1. The molecule has 0 aliphatic heterocycles. The van der Waals surface area contributed by atoms with E-state index in [1.807, 2.05) is 54.6 Å². The van der Waals surface area contributed by atoms with E-state index in [4.69, 9.17) is 14.0 Å². The van der Waals surface area contributed by atoms with Crippen LogP contribution >= 0.6 is 11.8 Å². The van der Waals surface area contributed by atoms with Crippen LogP contribution in [0.4, 0.5) is 0 Å². The first-order chi connectivity index (χ1) is 14.2. The molecule has 0 spiro atoms. The molecule has 0 N–H and O–H groups in total. The topological polar surface area (TPSA) is 74.5 Å². The SMILES string of the molecule is COc1ccc(-c2noc(COC(=O)CSc3ccc4ccccc4c3)n2)cc1. The minimum Gasteiger partial charge on any atom is -0.497 e. The highest BCUT2D eigenvalue weighted by Crippen LogP contribution is 2.24. The quantitative estimate of drug-likeness (QED) is 0.324. The predicted octanol–water partition coefficient (Wildman–Crippen LogP) is 4.73. The van der Waals surface area contributed by atoms with Gasteiger partial charge < -0.3 is 14.0 Å². The van der Waals surface area contributed by atoms with Gasteiger partial charge in [-0.2, -0.15) is 4.98 Å². The van der Waals surface area contributed by atoms with Crippen molar-refractivity contribution in [1.82, 2.24) is 10.1 Å². The predicted molar refractivity (Wildman–Crippen MR) is 111 cm³/mol. The lowest BCUT2D eigenvalue weighted by atomic mass is 10.1. The first kappa shape index (κ1) is 19.0. The van der Waals surface area contributed by atoms with Gasteiger partial charge in [0.1, 0.15) is 5.75 Å². The molecule has 0 aliphatic carbocycles. The molecule has 1 aromatic heterocycles. The number of esters is 1. The number of methoxy groups -OCH3 is 1. The van der Waals surface area contributed by atoms with Crippen molar-refractivity contribution in [1.29, 1.82) is 0 Å². The fourth-order valence-corrected chi connectivity index (χ4v) is 3.50. The van der Waals surface area contributed by atoms with Crippen LogP contribution in [0.5, 0.6) is 5.75 Å². The summed E-state index contributed by atoms with van der Waals surface area (Å²) in [7, 11) is 1.61. The molecule has 0 saturated heterocycles. The van der Waals surface area contributed by atoms with Crippen LogP contribution in [0.2, 0.25) is 0 Å². The summed E-state index contributed by atoms with van der Waals surface area (Å²) in [5, 5.41) is 6.23. The summed E-state index contributed by atoms with van der Waals surface area (Å²) in [5.41, 5.74) is 0.791. The smallest absolute Gasteiger partial charge is 0.316 e. The Kier molecular flexibility index (Phi) is 5.76. The highest BCUT2D eigenvalue weighted by atomic mass is 32.2. The van der Waals surface area contributed by atoms with Crippen molar-refractivity contribution in [2.45, 2.75) is 11.5 Å². The van der Waals surface area contributed by atoms with Gasteiger partial charge in [0.25, 0.3) is 5.89 Å². The van der Waals surface area contributed by atoms with Gasteiger partial charge in [-0.05, 0) is 47.2 Å². The van der Waals surface area contributed by atoms with Crippen molar-refractivity contribution in [3.63, 3.8) is 0 Å². The Labute approximate surface area is 171 Å². The van der Waals surface area contributed by atoms with E-state index in [-0.39, 0.29) is 24.2 Å². The number of thioether (sulfide) groups is 1. The fourth-order valence-electron chi connectivity index (χ4n) is 2.75. The highest BCUT2D eigenvalue weighted by Gasteiger charge is 2.12. The molecule has 0 fully saturated rings. The molecule has 3 aromatic carbocycles. The zero-order valence-corrected chi connectivity index (χ0v) is 16.5. The van der Waals surface area contributed by atoms with Crippen LogP contribution in [-0.2, 0) is 16.1 Å². The van der Waals surface area contributed by atoms with E-state index in [9.17, 15) is 4.79 Å². The molecule has 7 heteroatoms. The van der Waals surface area contributed by atoms with Crippen LogP contribution in [0.25, 0.3) is 22.2 Å². The number of fused-ring (bicyclic) bond motifs is 1. The molecule has 29 heavy (non-hydrogen) atoms. The minimum absolute atomic E-state index is 0.0553. The van der Waals surface area contributed by atoms with Gasteiger partial charge in [0.2, 0.25) is 5.82 Å². The Morgan fingerprint density at radius 1 is 1.03 bits per heavy atom. The molecular formula is C22H18N2O4S. The number of aromatic nitrogens is 2. The van der Waals surface area contributed by atoms with Gasteiger partial charge in [0.15, 0.2) is 6.61 Å². The zero-order chi connectivity index (χ0) is 20.1. The molecule has 0 saturated carbocycles. The maximum Gasteiger partial charge on any atom is 0.316 e. The van der Waals surface area contributed by atoms with Gasteiger partial charge in [-0.1, -0.05) is 35.5 Å². The van der Waals surface area contributed by atoms with E-state index in [1.54, 1.807) is 7.11 Å². The van der Waals surface area contributed by atoms with E-state index in [1.165, 1.54) is 17.1 Å². The van der Waals surface area contributed by atoms with Crippen LogP contribution in [0, 0.1) is 0 Å². The van der Waals surface area contributed by atoms with Crippen molar-refractivity contribution in [2.75, 3.05) is 12.9 Å². The molecule has 0 radical (unpaired) electrons. The number of ether oxygens (including phenoxy) is 2. The lowest BCUT2D eigenvalue weighted by Crippen LogP contribution is -2.07. The molecule has 146 valence electrons. The molecule has 6 nitrogen and oxygen atoms in total. The van der Waals surface area contributed by atoms with E-state index < -0.39 is 0 Å². The lowest BCUT2D eigenvalue weighted by Gasteiger charge is -2.04. The number of hydrogen-bond donors (Lipinski definition) is 0. The van der Waals surface area contributed by atoms with Gasteiger partial charge >= 0.3 is 5.97 Å². The Morgan fingerprint density at radius 3 is 2.62 bits per heavy atom. The zero-order valence-electron chi connectivity index (χ0n) is 15.7. The summed E-state index contributed by atoms with van der Waals surface area (Å²) < 4.78 is 15.5. The summed E-state index contributed by atoms with van der Waals surface area (Å²) in [6.07, 6.45) is 0. The average Bonchev–Trinajstić information content (AvgIpc) is 3.25. The van der Waals surface area contributed by atoms with E-state index in [2.05, 4.69) is 22.3 Å². The Hall–Kier alpha value is -3.32. The summed E-state index contributed by atoms with van der Waals surface area (Å²) in [4.78, 5) is 17.3. The van der Waals surface area contributed by atoms with Gasteiger partial charge in [-0.3, -0.25) is 4.79 Å². The van der Waals surface area contributed by atoms with E-state index in [0.29, 0.717) is 5.82 Å². The normalized spacial score (nSPS) is 10.8. The monoisotopic (exact) mass is 406 g/mol. The van der Waals surface area contributed by atoms with Crippen LogP contribution < -0.4 is 4.74 Å². The molecule has 0 atom stereocenters. The van der Waals surface area contributed by atoms with Crippen LogP contribution in [0.3, 0.4) is 0 Å². The van der Waals surface area contributed by atoms with Crippen LogP contribution in [-0.4, -0.2) is 29.0 Å². The molecule has 4 aromatic rings. The molecule has 0 unspecified atom stereocenters. The number of nitrogens with zero attached hydrogens (tertiary/aromatic N) is 2. The summed E-state index contributed by atoms with van der Waals surface area (Å²) in [5.74, 6) is 1.30. The molecule has 0 aliphatic rings. The second kappa shape index (κ2) is 8.79. The van der Waals surface area contributed by atoms with Gasteiger partial charge in [0.05, 0.1) is 12.9 Å². The molecular weight excluding hydrogens is 388 g/mol. The molecule has 1 heterocycles. The van der Waals surface area contributed by atoms with Crippen LogP contribution in [0.15, 0.2) is 76.1 Å². The average molecular weight is 406 g/mol. The minimum atomic E-state index is -0.340. The third kappa shape index (κ3) is 4.75. The van der Waals surface area contributed by atoms with Crippen molar-refractivity contribution in [3.05, 3.63) is 72.6 Å². The Balaban J connectivity index is 1.29. The lowest BCUT2D eigenvalue weighted by molar-refractivity contribution is -0.142. The van der Waals surface area contributed by atoms with E-state index in [0.717, 1.165) is 21.6 Å². The maximum absolute atomic E-state index is 12.1. The summed E-state index contributed by atoms with van der Waals surface area (Å²) in [6, 6.07) is 21.5. The van der Waals surface area contributed by atoms with Gasteiger partial charge in [-0.25, -0.2) is 0 Å². The highest BCUT2D eigenvalue weighted by molar-refractivity contribution is 8.00. The molecule has 4 rings (SSSR count). The van der Waals surface area contributed by atoms with Crippen molar-refractivity contribution in [2.24, 2.45) is 0 Å². The Morgan fingerprint density at radius 2 is 1.83 bits per heavy atom. The number of hydrogen-bond acceptors (Lipinski definition) is 7. The first-order valence-corrected chi connectivity index (χ1v) is 9.94. The molecule has 0 amide bonds. The second-order valence-electron chi connectivity index (χ2n) is 6.20. The van der Waals surface area contributed by atoms with Crippen molar-refractivity contribution < 1.29 is 18.8 Å². The van der Waals surface area contributed by atoms with Crippen LogP contribution in [0.1, 0.15) is 5.89 Å². The third-order valence-corrected chi connectivity index (χ3v) is 5.22. The largest absolute Gasteiger partial charge is 0.497 e. The summed E-state index contributed by atoms with van der Waals surface area (Å²) in [6.45, 7) is -0.0553. The van der Waals surface area contributed by atoms with Crippen molar-refractivity contribution in [3.8, 4) is 17.1 Å².